The standard InChI is InChI=1S/C18H23N3O2/c1-20-10-12-7-14(8-13(11-20)21(12)2)23-18(22)16-9-19-17-6-4-3-5-15(16)17/h3-6,9,12-14,19H,7-8,10-11H2,1-2H3/t12-,13+,14?. The minimum absolute atomic E-state index is 0.0241. The summed E-state index contributed by atoms with van der Waals surface area (Å²) in [6, 6.07) is 8.80. The quantitative estimate of drug-likeness (QED) is 0.863. The number of para-hydroxylation sites is 1. The van der Waals surface area contributed by atoms with E-state index >= 15 is 0 Å². The van der Waals surface area contributed by atoms with Gasteiger partial charge in [0.2, 0.25) is 0 Å². The number of fused-ring (bicyclic) bond motifs is 3. The maximum Gasteiger partial charge on any atom is 0.340 e. The van der Waals surface area contributed by atoms with Crippen LogP contribution in [0.5, 0.6) is 0 Å². The number of carbonyl (C=O) groups is 1. The zero-order valence-corrected chi connectivity index (χ0v) is 13.7. The van der Waals surface area contributed by atoms with E-state index < -0.39 is 0 Å². The molecule has 2 aliphatic rings. The highest BCUT2D eigenvalue weighted by atomic mass is 16.5. The summed E-state index contributed by atoms with van der Waals surface area (Å²) < 4.78 is 5.86. The van der Waals surface area contributed by atoms with E-state index in [0.29, 0.717) is 17.6 Å². The molecule has 1 aromatic heterocycles. The molecule has 0 radical (unpaired) electrons. The van der Waals surface area contributed by atoms with Crippen molar-refractivity contribution in [1.29, 1.82) is 0 Å². The number of nitrogens with zero attached hydrogens (tertiary/aromatic N) is 2. The highest BCUT2D eigenvalue weighted by Gasteiger charge is 2.39. The summed E-state index contributed by atoms with van der Waals surface area (Å²) in [7, 11) is 4.37. The van der Waals surface area contributed by atoms with Gasteiger partial charge in [0.15, 0.2) is 0 Å². The number of likely N-dealkylation sites (tertiary alicyclic amines) is 1. The number of piperazine rings is 1. The van der Waals surface area contributed by atoms with Crippen LogP contribution in [-0.2, 0) is 4.74 Å². The van der Waals surface area contributed by atoms with Crippen LogP contribution in [0.25, 0.3) is 10.9 Å². The van der Waals surface area contributed by atoms with Gasteiger partial charge in [0.25, 0.3) is 0 Å². The molecule has 122 valence electrons. The van der Waals surface area contributed by atoms with Gasteiger partial charge in [-0.05, 0) is 20.2 Å². The van der Waals surface area contributed by atoms with Crippen LogP contribution in [0.3, 0.4) is 0 Å². The van der Waals surface area contributed by atoms with E-state index in [2.05, 4.69) is 28.9 Å². The van der Waals surface area contributed by atoms with Gasteiger partial charge in [0.05, 0.1) is 5.56 Å². The molecular formula is C18H23N3O2. The number of ether oxygens (including phenoxy) is 1. The van der Waals surface area contributed by atoms with Crippen molar-refractivity contribution < 1.29 is 9.53 Å². The van der Waals surface area contributed by atoms with Crippen molar-refractivity contribution in [3.05, 3.63) is 36.0 Å². The average Bonchev–Trinajstić information content (AvgIpc) is 2.93. The SMILES string of the molecule is CN1C[C@H]2CC(OC(=O)c3c[nH]c4ccccc34)C[C@@H](C1)N2C. The predicted octanol–water partition coefficient (Wildman–Crippen LogP) is 2.10. The van der Waals surface area contributed by atoms with Crippen LogP contribution in [0.4, 0.5) is 0 Å². The molecule has 5 heteroatoms. The lowest BCUT2D eigenvalue weighted by molar-refractivity contribution is -0.0489. The maximum atomic E-state index is 12.6. The molecule has 0 aliphatic carbocycles. The first-order chi connectivity index (χ1) is 11.1. The number of nitrogens with one attached hydrogen (secondary N) is 1. The molecular weight excluding hydrogens is 290 g/mol. The smallest absolute Gasteiger partial charge is 0.340 e. The van der Waals surface area contributed by atoms with Crippen LogP contribution < -0.4 is 0 Å². The van der Waals surface area contributed by atoms with Crippen molar-refractivity contribution in [1.82, 2.24) is 14.8 Å². The molecule has 2 aromatic rings. The second-order valence-electron chi connectivity index (χ2n) is 6.94. The Hall–Kier alpha value is -1.85. The molecule has 0 spiro atoms. The molecule has 0 saturated carbocycles. The number of hydrogen-bond donors (Lipinski definition) is 1. The third kappa shape index (κ3) is 2.64. The zero-order valence-electron chi connectivity index (χ0n) is 13.7. The summed E-state index contributed by atoms with van der Waals surface area (Å²) in [5.41, 5.74) is 1.61. The lowest BCUT2D eigenvalue weighted by atomic mass is 9.90. The van der Waals surface area contributed by atoms with Crippen LogP contribution in [-0.4, -0.2) is 66.1 Å². The highest BCUT2D eigenvalue weighted by Crippen LogP contribution is 2.29. The highest BCUT2D eigenvalue weighted by molar-refractivity contribution is 6.04. The Bertz CT molecular complexity index is 710. The fraction of sp³-hybridized carbons (Fsp3) is 0.500. The number of carbonyl (C=O) groups excluding carboxylic acids is 1. The van der Waals surface area contributed by atoms with Crippen molar-refractivity contribution in [3.8, 4) is 0 Å². The van der Waals surface area contributed by atoms with Crippen LogP contribution >= 0.6 is 0 Å². The molecule has 2 fully saturated rings. The van der Waals surface area contributed by atoms with E-state index in [1.54, 1.807) is 6.20 Å². The number of aromatic nitrogens is 1. The number of likely N-dealkylation sites (N-methyl/N-ethyl adjacent to an activating group) is 2. The van der Waals surface area contributed by atoms with E-state index in [9.17, 15) is 4.79 Å². The fourth-order valence-electron chi connectivity index (χ4n) is 4.09. The molecule has 2 bridgehead atoms. The van der Waals surface area contributed by atoms with Gasteiger partial charge in [-0.2, -0.15) is 0 Å². The van der Waals surface area contributed by atoms with Gasteiger partial charge in [-0.1, -0.05) is 18.2 Å². The first kappa shape index (κ1) is 14.7. The minimum atomic E-state index is -0.205. The molecule has 3 atom stereocenters. The zero-order chi connectivity index (χ0) is 16.0. The number of piperidine rings is 1. The fourth-order valence-corrected chi connectivity index (χ4v) is 4.09. The Morgan fingerprint density at radius 3 is 2.61 bits per heavy atom. The van der Waals surface area contributed by atoms with E-state index in [4.69, 9.17) is 4.74 Å². The molecule has 1 unspecified atom stereocenters. The van der Waals surface area contributed by atoms with Gasteiger partial charge >= 0.3 is 5.97 Å². The van der Waals surface area contributed by atoms with E-state index in [0.717, 1.165) is 36.8 Å². The van der Waals surface area contributed by atoms with Gasteiger partial charge in [0, 0.05) is 55.1 Å². The maximum absolute atomic E-state index is 12.6. The number of benzene rings is 1. The Morgan fingerprint density at radius 2 is 1.87 bits per heavy atom. The molecule has 3 heterocycles. The van der Waals surface area contributed by atoms with Gasteiger partial charge in [-0.25, -0.2) is 4.79 Å². The number of esters is 1. The minimum Gasteiger partial charge on any atom is -0.459 e. The number of hydrogen-bond acceptors (Lipinski definition) is 4. The second kappa shape index (κ2) is 5.65. The molecule has 5 nitrogen and oxygen atoms in total. The number of aromatic amines is 1. The van der Waals surface area contributed by atoms with Gasteiger partial charge in [-0.3, -0.25) is 4.90 Å². The molecule has 0 amide bonds. The second-order valence-corrected chi connectivity index (χ2v) is 6.94. The summed E-state index contributed by atoms with van der Waals surface area (Å²) in [4.78, 5) is 20.6. The monoisotopic (exact) mass is 313 g/mol. The van der Waals surface area contributed by atoms with Crippen molar-refractivity contribution >= 4 is 16.9 Å². The Morgan fingerprint density at radius 1 is 1.17 bits per heavy atom. The lowest BCUT2D eigenvalue weighted by Crippen LogP contribution is -2.61. The summed E-state index contributed by atoms with van der Waals surface area (Å²) in [6.45, 7) is 2.10. The predicted molar refractivity (Wildman–Crippen MR) is 89.6 cm³/mol. The van der Waals surface area contributed by atoms with E-state index in [-0.39, 0.29) is 12.1 Å². The van der Waals surface area contributed by atoms with Crippen molar-refractivity contribution in [2.24, 2.45) is 0 Å². The van der Waals surface area contributed by atoms with Gasteiger partial charge in [-0.15, -0.1) is 0 Å². The number of rotatable bonds is 2. The third-order valence-electron chi connectivity index (χ3n) is 5.35. The third-order valence-corrected chi connectivity index (χ3v) is 5.35. The van der Waals surface area contributed by atoms with E-state index in [1.807, 2.05) is 24.3 Å². The van der Waals surface area contributed by atoms with Crippen LogP contribution in [0.1, 0.15) is 23.2 Å². The summed E-state index contributed by atoms with van der Waals surface area (Å²) >= 11 is 0. The largest absolute Gasteiger partial charge is 0.459 e. The Kier molecular flexibility index (Phi) is 3.62. The van der Waals surface area contributed by atoms with Crippen molar-refractivity contribution in [3.63, 3.8) is 0 Å². The van der Waals surface area contributed by atoms with Gasteiger partial charge < -0.3 is 14.6 Å². The van der Waals surface area contributed by atoms with Crippen LogP contribution in [0.15, 0.2) is 30.5 Å². The van der Waals surface area contributed by atoms with Crippen molar-refractivity contribution in [2.75, 3.05) is 27.2 Å². The molecule has 4 rings (SSSR count). The van der Waals surface area contributed by atoms with Crippen LogP contribution in [0, 0.1) is 0 Å². The Labute approximate surface area is 136 Å². The molecule has 1 N–H and O–H groups in total. The summed E-state index contributed by atoms with van der Waals surface area (Å²) in [5.74, 6) is -0.205. The van der Waals surface area contributed by atoms with Crippen LogP contribution in [0.2, 0.25) is 0 Å². The van der Waals surface area contributed by atoms with Crippen molar-refractivity contribution in [2.45, 2.75) is 31.0 Å². The topological polar surface area (TPSA) is 48.6 Å². The Balaban J connectivity index is 1.49. The first-order valence-corrected chi connectivity index (χ1v) is 8.29. The lowest BCUT2D eigenvalue weighted by Gasteiger charge is -2.49. The molecule has 23 heavy (non-hydrogen) atoms. The first-order valence-electron chi connectivity index (χ1n) is 8.29. The normalized spacial score (nSPS) is 28.9. The van der Waals surface area contributed by atoms with E-state index in [1.165, 1.54) is 0 Å². The summed E-state index contributed by atoms with van der Waals surface area (Å²) in [5, 5.41) is 0.936. The molecule has 2 aliphatic heterocycles. The molecule has 2 saturated heterocycles. The number of H-pyrrole nitrogens is 1. The molecule has 1 aromatic carbocycles. The summed E-state index contributed by atoms with van der Waals surface area (Å²) in [6.07, 6.45) is 3.63. The van der Waals surface area contributed by atoms with Gasteiger partial charge in [0.1, 0.15) is 6.10 Å². The average molecular weight is 313 g/mol.